The third-order valence-corrected chi connectivity index (χ3v) is 4.40. The van der Waals surface area contributed by atoms with E-state index in [2.05, 4.69) is 15.2 Å². The van der Waals surface area contributed by atoms with Crippen LogP contribution in [-0.2, 0) is 4.74 Å². The zero-order chi connectivity index (χ0) is 17.4. The summed E-state index contributed by atoms with van der Waals surface area (Å²) in [6.07, 6.45) is 1.46. The molecular weight excluding hydrogens is 320 g/mol. The smallest absolute Gasteiger partial charge is 0.254 e. The summed E-state index contributed by atoms with van der Waals surface area (Å²) in [7, 11) is 0. The van der Waals surface area contributed by atoms with E-state index in [9.17, 15) is 4.79 Å². The zero-order valence-corrected chi connectivity index (χ0v) is 14.2. The number of aromatic nitrogens is 3. The van der Waals surface area contributed by atoms with Crippen LogP contribution in [0.25, 0.3) is 10.9 Å². The molecule has 7 nitrogen and oxygen atoms in total. The highest BCUT2D eigenvalue weighted by Crippen LogP contribution is 2.26. The summed E-state index contributed by atoms with van der Waals surface area (Å²) in [5.74, 6) is 1.16. The third-order valence-electron chi connectivity index (χ3n) is 4.40. The molecule has 1 atom stereocenters. The molecule has 1 N–H and O–H groups in total. The number of hydrogen-bond donors (Lipinski definition) is 1. The lowest BCUT2D eigenvalue weighted by atomic mass is 10.1. The van der Waals surface area contributed by atoms with E-state index < -0.39 is 0 Å². The van der Waals surface area contributed by atoms with E-state index >= 15 is 0 Å². The molecule has 1 aliphatic heterocycles. The van der Waals surface area contributed by atoms with E-state index in [4.69, 9.17) is 9.15 Å². The van der Waals surface area contributed by atoms with E-state index in [0.717, 1.165) is 10.9 Å². The number of aromatic amines is 1. The molecule has 0 unspecified atom stereocenters. The Hall–Kier alpha value is -2.67. The Morgan fingerprint density at radius 1 is 1.32 bits per heavy atom. The predicted octanol–water partition coefficient (Wildman–Crippen LogP) is 2.89. The highest BCUT2D eigenvalue weighted by atomic mass is 16.5. The van der Waals surface area contributed by atoms with Gasteiger partial charge in [-0.3, -0.25) is 4.79 Å². The van der Waals surface area contributed by atoms with Crippen LogP contribution in [0.5, 0.6) is 0 Å². The van der Waals surface area contributed by atoms with E-state index in [1.807, 2.05) is 44.3 Å². The van der Waals surface area contributed by atoms with Gasteiger partial charge in [0, 0.05) is 35.1 Å². The number of hydrogen-bond acceptors (Lipinski definition) is 5. The number of nitrogens with one attached hydrogen (secondary N) is 1. The van der Waals surface area contributed by atoms with Crippen molar-refractivity contribution in [3.05, 3.63) is 47.8 Å². The number of benzene rings is 1. The van der Waals surface area contributed by atoms with Crippen LogP contribution in [-0.4, -0.2) is 45.7 Å². The van der Waals surface area contributed by atoms with Gasteiger partial charge in [0.25, 0.3) is 5.91 Å². The standard InChI is InChI=1S/C18H20N4O3/c1-11(2)16-20-21-17(25-16)15-10-22(8-9-24-15)18(23)13-4-3-5-14-12(13)6-7-19-14/h3-7,11,15,19H,8-10H2,1-2H3/t15-/m0/s1. The lowest BCUT2D eigenvalue weighted by Gasteiger charge is -2.31. The first-order valence-corrected chi connectivity index (χ1v) is 8.44. The van der Waals surface area contributed by atoms with Gasteiger partial charge >= 0.3 is 0 Å². The fourth-order valence-electron chi connectivity index (χ4n) is 3.04. The average molecular weight is 340 g/mol. The molecule has 0 bridgehead atoms. The van der Waals surface area contributed by atoms with E-state index in [1.54, 1.807) is 4.90 Å². The average Bonchev–Trinajstić information content (AvgIpc) is 3.30. The van der Waals surface area contributed by atoms with Crippen molar-refractivity contribution in [2.24, 2.45) is 0 Å². The van der Waals surface area contributed by atoms with Crippen molar-refractivity contribution in [1.82, 2.24) is 20.1 Å². The van der Waals surface area contributed by atoms with Crippen LogP contribution in [0, 0.1) is 0 Å². The van der Waals surface area contributed by atoms with Crippen LogP contribution in [0.3, 0.4) is 0 Å². The fourth-order valence-corrected chi connectivity index (χ4v) is 3.04. The number of amides is 1. The van der Waals surface area contributed by atoms with Gasteiger partial charge in [-0.25, -0.2) is 0 Å². The summed E-state index contributed by atoms with van der Waals surface area (Å²) < 4.78 is 11.4. The number of carbonyl (C=O) groups excluding carboxylic acids is 1. The Morgan fingerprint density at radius 3 is 3.00 bits per heavy atom. The van der Waals surface area contributed by atoms with Crippen LogP contribution >= 0.6 is 0 Å². The normalized spacial score (nSPS) is 18.2. The maximum atomic E-state index is 13.0. The number of nitrogens with zero attached hydrogens (tertiary/aromatic N) is 3. The van der Waals surface area contributed by atoms with Gasteiger partial charge in [-0.2, -0.15) is 0 Å². The van der Waals surface area contributed by atoms with Gasteiger partial charge in [0.2, 0.25) is 11.8 Å². The quantitative estimate of drug-likeness (QED) is 0.792. The number of rotatable bonds is 3. The molecule has 130 valence electrons. The molecule has 0 aliphatic carbocycles. The molecule has 3 heterocycles. The van der Waals surface area contributed by atoms with Crippen molar-refractivity contribution < 1.29 is 13.9 Å². The second kappa shape index (κ2) is 6.33. The van der Waals surface area contributed by atoms with Crippen molar-refractivity contribution in [3.63, 3.8) is 0 Å². The van der Waals surface area contributed by atoms with E-state index in [1.165, 1.54) is 0 Å². The first-order valence-electron chi connectivity index (χ1n) is 8.44. The molecule has 2 aromatic heterocycles. The summed E-state index contributed by atoms with van der Waals surface area (Å²) in [6, 6.07) is 7.62. The van der Waals surface area contributed by atoms with Gasteiger partial charge in [-0.15, -0.1) is 10.2 Å². The minimum atomic E-state index is -0.386. The Balaban J connectivity index is 1.56. The Bertz CT molecular complexity index is 899. The fraction of sp³-hybridized carbons (Fsp3) is 0.389. The molecule has 1 amide bonds. The first-order chi connectivity index (χ1) is 12.1. The molecule has 3 aromatic rings. The summed E-state index contributed by atoms with van der Waals surface area (Å²) in [5.41, 5.74) is 1.64. The number of carbonyl (C=O) groups is 1. The molecule has 1 aliphatic rings. The third kappa shape index (κ3) is 2.91. The van der Waals surface area contributed by atoms with Crippen LogP contribution < -0.4 is 0 Å². The molecule has 25 heavy (non-hydrogen) atoms. The highest BCUT2D eigenvalue weighted by molar-refractivity contribution is 6.06. The Kier molecular flexibility index (Phi) is 4.01. The molecule has 1 saturated heterocycles. The van der Waals surface area contributed by atoms with Crippen molar-refractivity contribution in [1.29, 1.82) is 0 Å². The molecule has 0 saturated carbocycles. The topological polar surface area (TPSA) is 84.2 Å². The summed E-state index contributed by atoms with van der Waals surface area (Å²) in [6.45, 7) is 5.37. The van der Waals surface area contributed by atoms with Crippen molar-refractivity contribution in [2.75, 3.05) is 19.7 Å². The number of fused-ring (bicyclic) bond motifs is 1. The number of H-pyrrole nitrogens is 1. The number of ether oxygens (including phenoxy) is 1. The van der Waals surface area contributed by atoms with Crippen LogP contribution in [0.4, 0.5) is 0 Å². The summed E-state index contributed by atoms with van der Waals surface area (Å²) in [5, 5.41) is 9.06. The SMILES string of the molecule is CC(C)c1nnc([C@@H]2CN(C(=O)c3cccc4[nH]ccc34)CCO2)o1. The molecule has 0 spiro atoms. The van der Waals surface area contributed by atoms with Crippen molar-refractivity contribution >= 4 is 16.8 Å². The molecule has 1 fully saturated rings. The second-order valence-corrected chi connectivity index (χ2v) is 6.49. The lowest BCUT2D eigenvalue weighted by Crippen LogP contribution is -2.42. The zero-order valence-electron chi connectivity index (χ0n) is 14.2. The van der Waals surface area contributed by atoms with Gasteiger partial charge < -0.3 is 19.0 Å². The van der Waals surface area contributed by atoms with E-state index in [-0.39, 0.29) is 17.9 Å². The van der Waals surface area contributed by atoms with Gasteiger partial charge in [-0.05, 0) is 18.2 Å². The summed E-state index contributed by atoms with van der Waals surface area (Å²) >= 11 is 0. The van der Waals surface area contributed by atoms with Crippen LogP contribution in [0.1, 0.15) is 48.0 Å². The highest BCUT2D eigenvalue weighted by Gasteiger charge is 2.30. The van der Waals surface area contributed by atoms with Crippen molar-refractivity contribution in [3.8, 4) is 0 Å². The minimum Gasteiger partial charge on any atom is -0.422 e. The maximum absolute atomic E-state index is 13.0. The van der Waals surface area contributed by atoms with E-state index in [0.29, 0.717) is 37.0 Å². The van der Waals surface area contributed by atoms with Gasteiger partial charge in [-0.1, -0.05) is 19.9 Å². The molecule has 7 heteroatoms. The monoisotopic (exact) mass is 340 g/mol. The van der Waals surface area contributed by atoms with Gasteiger partial charge in [0.1, 0.15) is 0 Å². The maximum Gasteiger partial charge on any atom is 0.254 e. The minimum absolute atomic E-state index is 0.0119. The van der Waals surface area contributed by atoms with Crippen molar-refractivity contribution in [2.45, 2.75) is 25.9 Å². The van der Waals surface area contributed by atoms with Gasteiger partial charge in [0.05, 0.1) is 13.2 Å². The van der Waals surface area contributed by atoms with Gasteiger partial charge in [0.15, 0.2) is 6.10 Å². The molecule has 0 radical (unpaired) electrons. The molecule has 4 rings (SSSR count). The van der Waals surface area contributed by atoms with Crippen LogP contribution in [0.15, 0.2) is 34.9 Å². The Morgan fingerprint density at radius 2 is 2.20 bits per heavy atom. The van der Waals surface area contributed by atoms with Crippen LogP contribution in [0.2, 0.25) is 0 Å². The predicted molar refractivity (Wildman–Crippen MR) is 91.3 cm³/mol. The lowest BCUT2D eigenvalue weighted by molar-refractivity contribution is -0.0350. The summed E-state index contributed by atoms with van der Waals surface area (Å²) in [4.78, 5) is 17.9. The first kappa shape index (κ1) is 15.8. The molecule has 1 aromatic carbocycles. The number of morpholine rings is 1. The largest absolute Gasteiger partial charge is 0.422 e. The Labute approximate surface area is 145 Å². The second-order valence-electron chi connectivity index (χ2n) is 6.49. The molecular formula is C18H20N4O3.